The van der Waals surface area contributed by atoms with Gasteiger partial charge in [0.2, 0.25) is 0 Å². The predicted octanol–water partition coefficient (Wildman–Crippen LogP) is 3.23. The lowest BCUT2D eigenvalue weighted by Crippen LogP contribution is -2.10. The van der Waals surface area contributed by atoms with Gasteiger partial charge < -0.3 is 19.6 Å². The van der Waals surface area contributed by atoms with Crippen molar-refractivity contribution in [3.8, 4) is 17.2 Å². The van der Waals surface area contributed by atoms with Crippen LogP contribution in [0.1, 0.15) is 18.1 Å². The van der Waals surface area contributed by atoms with Crippen molar-refractivity contribution < 1.29 is 14.2 Å². The third kappa shape index (κ3) is 4.16. The molecule has 5 nitrogen and oxygen atoms in total. The summed E-state index contributed by atoms with van der Waals surface area (Å²) in [5.74, 6) is 2.23. The number of hydrogen-bond acceptors (Lipinski definition) is 5. The molecule has 0 unspecified atom stereocenters. The number of para-hydroxylation sites is 1. The second-order valence-electron chi connectivity index (χ2n) is 4.91. The Morgan fingerprint density at radius 3 is 2.30 bits per heavy atom. The van der Waals surface area contributed by atoms with Gasteiger partial charge in [-0.3, -0.25) is 0 Å². The minimum absolute atomic E-state index is 0.592. The summed E-state index contributed by atoms with van der Waals surface area (Å²) in [5.41, 5.74) is 5.96. The third-order valence-electron chi connectivity index (χ3n) is 3.51. The van der Waals surface area contributed by atoms with E-state index in [1.165, 1.54) is 0 Å². The number of hydrazone groups is 1. The van der Waals surface area contributed by atoms with Gasteiger partial charge in [-0.2, -0.15) is 5.10 Å². The van der Waals surface area contributed by atoms with Gasteiger partial charge in [0, 0.05) is 11.1 Å². The van der Waals surface area contributed by atoms with Crippen LogP contribution < -0.4 is 19.6 Å². The highest BCUT2D eigenvalue weighted by atomic mass is 16.5. The fourth-order valence-corrected chi connectivity index (χ4v) is 2.22. The minimum Gasteiger partial charge on any atom is -0.496 e. The van der Waals surface area contributed by atoms with Gasteiger partial charge in [0.15, 0.2) is 11.5 Å². The fraction of sp³-hybridized carbons (Fsp3) is 0.278. The normalized spacial score (nSPS) is 11.0. The van der Waals surface area contributed by atoms with Crippen molar-refractivity contribution in [2.75, 3.05) is 21.3 Å². The number of methoxy groups -OCH3 is 3. The highest BCUT2D eigenvalue weighted by Gasteiger charge is 2.06. The SMILES string of the molecule is COc1ccccc1CN/N=C(/C)c1ccc(OC)c(OC)c1. The molecule has 0 saturated carbocycles. The maximum absolute atomic E-state index is 5.32. The number of nitrogens with one attached hydrogen (secondary N) is 1. The first-order chi connectivity index (χ1) is 11.2. The van der Waals surface area contributed by atoms with E-state index in [2.05, 4.69) is 10.5 Å². The predicted molar refractivity (Wildman–Crippen MR) is 91.6 cm³/mol. The topological polar surface area (TPSA) is 52.1 Å². The van der Waals surface area contributed by atoms with E-state index in [1.807, 2.05) is 49.4 Å². The maximum atomic E-state index is 5.32. The molecule has 0 bridgehead atoms. The van der Waals surface area contributed by atoms with Crippen molar-refractivity contribution in [1.29, 1.82) is 0 Å². The van der Waals surface area contributed by atoms with E-state index >= 15 is 0 Å². The van der Waals surface area contributed by atoms with Crippen LogP contribution in [0.4, 0.5) is 0 Å². The van der Waals surface area contributed by atoms with Crippen LogP contribution in [0.25, 0.3) is 0 Å². The third-order valence-corrected chi connectivity index (χ3v) is 3.51. The van der Waals surface area contributed by atoms with Gasteiger partial charge in [-0.15, -0.1) is 0 Å². The first kappa shape index (κ1) is 16.7. The van der Waals surface area contributed by atoms with E-state index in [1.54, 1.807) is 21.3 Å². The number of nitrogens with zero attached hydrogens (tertiary/aromatic N) is 1. The summed E-state index contributed by atoms with van der Waals surface area (Å²) < 4.78 is 15.9. The van der Waals surface area contributed by atoms with Gasteiger partial charge >= 0.3 is 0 Å². The van der Waals surface area contributed by atoms with E-state index in [0.717, 1.165) is 22.6 Å². The van der Waals surface area contributed by atoms with Crippen LogP contribution in [-0.2, 0) is 6.54 Å². The Labute approximate surface area is 136 Å². The highest BCUT2D eigenvalue weighted by Crippen LogP contribution is 2.27. The maximum Gasteiger partial charge on any atom is 0.161 e. The summed E-state index contributed by atoms with van der Waals surface area (Å²) in [6, 6.07) is 13.6. The number of benzene rings is 2. The van der Waals surface area contributed by atoms with Crippen molar-refractivity contribution >= 4 is 5.71 Å². The number of hydrogen-bond donors (Lipinski definition) is 1. The van der Waals surface area contributed by atoms with E-state index in [0.29, 0.717) is 18.0 Å². The molecule has 2 rings (SSSR count). The van der Waals surface area contributed by atoms with Gasteiger partial charge in [0.05, 0.1) is 33.6 Å². The Morgan fingerprint density at radius 2 is 1.61 bits per heavy atom. The molecule has 2 aromatic rings. The molecule has 0 amide bonds. The van der Waals surface area contributed by atoms with Crippen LogP contribution in [-0.4, -0.2) is 27.0 Å². The van der Waals surface area contributed by atoms with Gasteiger partial charge in [0.25, 0.3) is 0 Å². The summed E-state index contributed by atoms with van der Waals surface area (Å²) in [6.07, 6.45) is 0. The quantitative estimate of drug-likeness (QED) is 0.630. The molecular formula is C18H22N2O3. The lowest BCUT2D eigenvalue weighted by Gasteiger charge is -2.10. The lowest BCUT2D eigenvalue weighted by molar-refractivity contribution is 0.355. The van der Waals surface area contributed by atoms with Crippen molar-refractivity contribution in [3.63, 3.8) is 0 Å². The zero-order chi connectivity index (χ0) is 16.7. The van der Waals surface area contributed by atoms with Gasteiger partial charge in [-0.05, 0) is 31.2 Å². The molecule has 0 fully saturated rings. The molecule has 0 heterocycles. The molecule has 0 atom stereocenters. The Kier molecular flexibility index (Phi) is 5.86. The molecule has 0 spiro atoms. The molecule has 0 aromatic heterocycles. The molecule has 0 saturated heterocycles. The molecule has 23 heavy (non-hydrogen) atoms. The summed E-state index contributed by atoms with van der Waals surface area (Å²) >= 11 is 0. The first-order valence-electron chi connectivity index (χ1n) is 7.31. The standard InChI is InChI=1S/C18H22N2O3/c1-13(14-9-10-17(22-3)18(11-14)23-4)20-19-12-15-7-5-6-8-16(15)21-2/h5-11,19H,12H2,1-4H3/b20-13-. The Balaban J connectivity index is 2.08. The summed E-state index contributed by atoms with van der Waals surface area (Å²) in [7, 11) is 4.90. The Hall–Kier alpha value is -2.69. The molecule has 5 heteroatoms. The lowest BCUT2D eigenvalue weighted by atomic mass is 10.1. The van der Waals surface area contributed by atoms with Crippen molar-refractivity contribution in [2.24, 2.45) is 5.10 Å². The molecule has 0 aliphatic carbocycles. The molecule has 1 N–H and O–H groups in total. The smallest absolute Gasteiger partial charge is 0.161 e. The van der Waals surface area contributed by atoms with E-state index in [-0.39, 0.29) is 0 Å². The van der Waals surface area contributed by atoms with Crippen LogP contribution in [0.3, 0.4) is 0 Å². The van der Waals surface area contributed by atoms with Crippen LogP contribution in [0.2, 0.25) is 0 Å². The summed E-state index contributed by atoms with van der Waals surface area (Å²) in [6.45, 7) is 2.53. The Bertz CT molecular complexity index is 684. The first-order valence-corrected chi connectivity index (χ1v) is 7.31. The van der Waals surface area contributed by atoms with Crippen LogP contribution >= 0.6 is 0 Å². The Morgan fingerprint density at radius 1 is 0.913 bits per heavy atom. The monoisotopic (exact) mass is 314 g/mol. The second kappa shape index (κ2) is 8.08. The average Bonchev–Trinajstić information content (AvgIpc) is 2.61. The van der Waals surface area contributed by atoms with Gasteiger partial charge in [-0.1, -0.05) is 18.2 Å². The van der Waals surface area contributed by atoms with Gasteiger partial charge in [0.1, 0.15) is 5.75 Å². The fourth-order valence-electron chi connectivity index (χ4n) is 2.22. The zero-order valence-electron chi connectivity index (χ0n) is 13.9. The number of ether oxygens (including phenoxy) is 3. The summed E-state index contributed by atoms with van der Waals surface area (Å²) in [5, 5.41) is 4.41. The largest absolute Gasteiger partial charge is 0.496 e. The zero-order valence-corrected chi connectivity index (χ0v) is 13.9. The minimum atomic E-state index is 0.592. The van der Waals surface area contributed by atoms with E-state index < -0.39 is 0 Å². The van der Waals surface area contributed by atoms with E-state index in [4.69, 9.17) is 14.2 Å². The van der Waals surface area contributed by atoms with Crippen molar-refractivity contribution in [2.45, 2.75) is 13.5 Å². The number of rotatable bonds is 7. The van der Waals surface area contributed by atoms with Crippen LogP contribution in [0.5, 0.6) is 17.2 Å². The van der Waals surface area contributed by atoms with Gasteiger partial charge in [-0.25, -0.2) is 0 Å². The molecule has 0 aliphatic rings. The van der Waals surface area contributed by atoms with Crippen LogP contribution in [0.15, 0.2) is 47.6 Å². The van der Waals surface area contributed by atoms with Crippen molar-refractivity contribution in [3.05, 3.63) is 53.6 Å². The molecular weight excluding hydrogens is 292 g/mol. The van der Waals surface area contributed by atoms with Crippen molar-refractivity contribution in [1.82, 2.24) is 5.43 Å². The summed E-state index contributed by atoms with van der Waals surface area (Å²) in [4.78, 5) is 0. The molecule has 122 valence electrons. The molecule has 0 aliphatic heterocycles. The van der Waals surface area contributed by atoms with E-state index in [9.17, 15) is 0 Å². The highest BCUT2D eigenvalue weighted by molar-refractivity contribution is 5.99. The average molecular weight is 314 g/mol. The molecule has 0 radical (unpaired) electrons. The second-order valence-corrected chi connectivity index (χ2v) is 4.91. The van der Waals surface area contributed by atoms with Crippen LogP contribution in [0, 0.1) is 0 Å². The molecule has 2 aromatic carbocycles.